The fraction of sp³-hybridized carbons (Fsp3) is 0.556. The van der Waals surface area contributed by atoms with Crippen LogP contribution in [0.15, 0.2) is 15.9 Å². The molecule has 0 radical (unpaired) electrons. The van der Waals surface area contributed by atoms with E-state index >= 15 is 0 Å². The highest BCUT2D eigenvalue weighted by molar-refractivity contribution is 9.10. The molecule has 0 aliphatic heterocycles. The normalized spacial score (nSPS) is 13.6. The SMILES string of the molecule is CC(C)SCC(N)c1sccc1Br. The highest BCUT2D eigenvalue weighted by Crippen LogP contribution is 2.30. The summed E-state index contributed by atoms with van der Waals surface area (Å²) in [5.74, 6) is 0.997. The number of nitrogens with two attached hydrogens (primary N) is 1. The number of hydrogen-bond donors (Lipinski definition) is 1. The lowest BCUT2D eigenvalue weighted by Crippen LogP contribution is -2.13. The van der Waals surface area contributed by atoms with Gasteiger partial charge in [-0.15, -0.1) is 11.3 Å². The van der Waals surface area contributed by atoms with Crippen molar-refractivity contribution in [2.45, 2.75) is 25.1 Å². The van der Waals surface area contributed by atoms with Crippen molar-refractivity contribution in [1.29, 1.82) is 0 Å². The van der Waals surface area contributed by atoms with Gasteiger partial charge in [0.1, 0.15) is 0 Å². The third-order valence-electron chi connectivity index (χ3n) is 1.59. The topological polar surface area (TPSA) is 26.0 Å². The molecule has 74 valence electrons. The molecule has 0 aliphatic carbocycles. The maximum Gasteiger partial charge on any atom is 0.0493 e. The number of thiophene rings is 1. The Morgan fingerprint density at radius 1 is 1.62 bits per heavy atom. The molecule has 13 heavy (non-hydrogen) atoms. The molecule has 1 atom stereocenters. The van der Waals surface area contributed by atoms with Gasteiger partial charge in [0, 0.05) is 21.1 Å². The lowest BCUT2D eigenvalue weighted by Gasteiger charge is -2.11. The van der Waals surface area contributed by atoms with Crippen molar-refractivity contribution in [3.05, 3.63) is 20.8 Å². The van der Waals surface area contributed by atoms with Gasteiger partial charge in [-0.2, -0.15) is 11.8 Å². The van der Waals surface area contributed by atoms with E-state index < -0.39 is 0 Å². The van der Waals surface area contributed by atoms with Crippen LogP contribution in [-0.4, -0.2) is 11.0 Å². The van der Waals surface area contributed by atoms with Crippen molar-refractivity contribution >= 4 is 39.0 Å². The molecule has 0 aromatic carbocycles. The molecular weight excluding hydrogens is 266 g/mol. The average Bonchev–Trinajstić information content (AvgIpc) is 2.47. The van der Waals surface area contributed by atoms with Crippen LogP contribution in [0.5, 0.6) is 0 Å². The van der Waals surface area contributed by atoms with Crippen LogP contribution < -0.4 is 5.73 Å². The van der Waals surface area contributed by atoms with Gasteiger partial charge < -0.3 is 5.73 Å². The Morgan fingerprint density at radius 2 is 2.31 bits per heavy atom. The van der Waals surface area contributed by atoms with Crippen LogP contribution in [0, 0.1) is 0 Å². The van der Waals surface area contributed by atoms with Crippen LogP contribution >= 0.6 is 39.0 Å². The Kier molecular flexibility index (Phi) is 4.80. The van der Waals surface area contributed by atoms with E-state index in [0.29, 0.717) is 5.25 Å². The summed E-state index contributed by atoms with van der Waals surface area (Å²) in [7, 11) is 0. The first-order valence-electron chi connectivity index (χ1n) is 4.21. The van der Waals surface area contributed by atoms with E-state index in [-0.39, 0.29) is 6.04 Å². The zero-order valence-corrected chi connectivity index (χ0v) is 11.0. The largest absolute Gasteiger partial charge is 0.323 e. The zero-order chi connectivity index (χ0) is 9.84. The average molecular weight is 280 g/mol. The maximum absolute atomic E-state index is 6.05. The van der Waals surface area contributed by atoms with Crippen molar-refractivity contribution in [3.8, 4) is 0 Å². The van der Waals surface area contributed by atoms with Crippen LogP contribution in [0.2, 0.25) is 0 Å². The first-order valence-corrected chi connectivity index (χ1v) is 6.93. The van der Waals surface area contributed by atoms with Gasteiger partial charge in [0.25, 0.3) is 0 Å². The van der Waals surface area contributed by atoms with Crippen LogP contribution in [0.3, 0.4) is 0 Å². The Hall–Kier alpha value is 0.490. The van der Waals surface area contributed by atoms with Crippen LogP contribution in [0.1, 0.15) is 24.8 Å². The fourth-order valence-corrected chi connectivity index (χ4v) is 3.48. The number of halogens is 1. The Labute approximate surface area is 96.2 Å². The summed E-state index contributed by atoms with van der Waals surface area (Å²) in [6.45, 7) is 4.39. The molecule has 2 N–H and O–H groups in total. The molecule has 0 saturated heterocycles. The molecule has 1 heterocycles. The van der Waals surface area contributed by atoms with Gasteiger partial charge in [0.15, 0.2) is 0 Å². The Bertz CT molecular complexity index is 260. The van der Waals surface area contributed by atoms with Gasteiger partial charge in [-0.25, -0.2) is 0 Å². The van der Waals surface area contributed by atoms with Crippen molar-refractivity contribution in [1.82, 2.24) is 0 Å². The number of thioether (sulfide) groups is 1. The van der Waals surface area contributed by atoms with Crippen LogP contribution in [0.25, 0.3) is 0 Å². The number of hydrogen-bond acceptors (Lipinski definition) is 3. The van der Waals surface area contributed by atoms with Gasteiger partial charge >= 0.3 is 0 Å². The highest BCUT2D eigenvalue weighted by Gasteiger charge is 2.11. The molecule has 0 spiro atoms. The fourth-order valence-electron chi connectivity index (χ4n) is 0.942. The van der Waals surface area contributed by atoms with Crippen molar-refractivity contribution in [2.24, 2.45) is 5.73 Å². The zero-order valence-electron chi connectivity index (χ0n) is 7.79. The summed E-state index contributed by atoms with van der Waals surface area (Å²) in [6, 6.07) is 2.22. The van der Waals surface area contributed by atoms with E-state index in [2.05, 4.69) is 41.2 Å². The minimum Gasteiger partial charge on any atom is -0.323 e. The van der Waals surface area contributed by atoms with E-state index in [4.69, 9.17) is 5.73 Å². The molecule has 0 saturated carbocycles. The van der Waals surface area contributed by atoms with Gasteiger partial charge in [-0.1, -0.05) is 13.8 Å². The lowest BCUT2D eigenvalue weighted by molar-refractivity contribution is 0.844. The van der Waals surface area contributed by atoms with E-state index in [1.54, 1.807) is 11.3 Å². The Morgan fingerprint density at radius 3 is 2.77 bits per heavy atom. The molecule has 1 aromatic rings. The van der Waals surface area contributed by atoms with Crippen molar-refractivity contribution < 1.29 is 0 Å². The monoisotopic (exact) mass is 279 g/mol. The summed E-state index contributed by atoms with van der Waals surface area (Å²) in [5.41, 5.74) is 6.05. The maximum atomic E-state index is 6.05. The van der Waals surface area contributed by atoms with E-state index in [9.17, 15) is 0 Å². The molecule has 4 heteroatoms. The molecule has 0 amide bonds. The van der Waals surface area contributed by atoms with Crippen LogP contribution in [-0.2, 0) is 0 Å². The molecule has 0 fully saturated rings. The number of rotatable bonds is 4. The molecule has 1 unspecified atom stereocenters. The predicted molar refractivity (Wildman–Crippen MR) is 66.5 cm³/mol. The lowest BCUT2D eigenvalue weighted by atomic mass is 10.3. The van der Waals surface area contributed by atoms with Crippen molar-refractivity contribution in [3.63, 3.8) is 0 Å². The smallest absolute Gasteiger partial charge is 0.0493 e. The molecule has 1 rings (SSSR count). The van der Waals surface area contributed by atoms with E-state index in [1.807, 2.05) is 11.8 Å². The van der Waals surface area contributed by atoms with Gasteiger partial charge in [0.2, 0.25) is 0 Å². The second-order valence-electron chi connectivity index (χ2n) is 3.12. The van der Waals surface area contributed by atoms with Gasteiger partial charge in [0.05, 0.1) is 0 Å². The van der Waals surface area contributed by atoms with E-state index in [1.165, 1.54) is 4.88 Å². The third-order valence-corrected chi connectivity index (χ3v) is 4.81. The molecule has 1 aromatic heterocycles. The first kappa shape index (κ1) is 11.6. The minimum atomic E-state index is 0.168. The molecule has 0 bridgehead atoms. The second kappa shape index (κ2) is 5.39. The van der Waals surface area contributed by atoms with E-state index in [0.717, 1.165) is 10.2 Å². The van der Waals surface area contributed by atoms with Crippen molar-refractivity contribution in [2.75, 3.05) is 5.75 Å². The summed E-state index contributed by atoms with van der Waals surface area (Å²) in [5, 5.41) is 2.73. The molecular formula is C9H14BrNS2. The predicted octanol–water partition coefficient (Wildman–Crippen LogP) is 3.65. The summed E-state index contributed by atoms with van der Waals surface area (Å²) in [4.78, 5) is 1.26. The quantitative estimate of drug-likeness (QED) is 0.911. The Balaban J connectivity index is 2.49. The van der Waals surface area contributed by atoms with Gasteiger partial charge in [-0.05, 0) is 32.6 Å². The highest BCUT2D eigenvalue weighted by atomic mass is 79.9. The second-order valence-corrected chi connectivity index (χ2v) is 6.53. The molecule has 0 aliphatic rings. The van der Waals surface area contributed by atoms with Gasteiger partial charge in [-0.3, -0.25) is 0 Å². The minimum absolute atomic E-state index is 0.168. The third kappa shape index (κ3) is 3.62. The summed E-state index contributed by atoms with van der Waals surface area (Å²) < 4.78 is 1.15. The van der Waals surface area contributed by atoms with Crippen LogP contribution in [0.4, 0.5) is 0 Å². The molecule has 1 nitrogen and oxygen atoms in total. The first-order chi connectivity index (χ1) is 6.11. The standard InChI is InChI=1S/C9H14BrNS2/c1-6(2)13-5-8(11)9-7(10)3-4-12-9/h3-4,6,8H,5,11H2,1-2H3. The summed E-state index contributed by atoms with van der Waals surface area (Å²) in [6.07, 6.45) is 0. The summed E-state index contributed by atoms with van der Waals surface area (Å²) >= 11 is 7.13.